The molecule has 0 fully saturated rings. The first-order valence-electron chi connectivity index (χ1n) is 4.34. The maximum atomic E-state index is 10.4. The summed E-state index contributed by atoms with van der Waals surface area (Å²) in [6, 6.07) is 0. The molecule has 2 N–H and O–H groups in total. The molecule has 0 aromatic heterocycles. The smallest absolute Gasteiger partial charge is 0.406 e. The molecule has 1 unspecified atom stereocenters. The molecule has 0 spiro atoms. The van der Waals surface area contributed by atoms with Crippen molar-refractivity contribution in [1.29, 1.82) is 0 Å². The Bertz CT molecular complexity index is 143. The number of ether oxygens (including phenoxy) is 2. The summed E-state index contributed by atoms with van der Waals surface area (Å²) in [4.78, 5) is 10.4. The van der Waals surface area contributed by atoms with Crippen molar-refractivity contribution in [3.8, 4) is 0 Å². The summed E-state index contributed by atoms with van der Waals surface area (Å²) < 4.78 is 9.90. The molecule has 13 heavy (non-hydrogen) atoms. The largest absolute Gasteiger partial charge is 0.420 e. The lowest BCUT2D eigenvalue weighted by Crippen LogP contribution is -2.26. The van der Waals surface area contributed by atoms with E-state index in [-0.39, 0.29) is 0 Å². The normalized spacial score (nSPS) is 12.5. The van der Waals surface area contributed by atoms with Gasteiger partial charge in [-0.1, -0.05) is 13.3 Å². The number of halogens is 1. The van der Waals surface area contributed by atoms with Gasteiger partial charge in [-0.15, -0.1) is 11.6 Å². The minimum Gasteiger partial charge on any atom is -0.420 e. The summed E-state index contributed by atoms with van der Waals surface area (Å²) >= 11 is 5.48. The quantitative estimate of drug-likeness (QED) is 0.396. The predicted octanol–water partition coefficient (Wildman–Crippen LogP) is 1.85. The maximum absolute atomic E-state index is 10.4. The van der Waals surface area contributed by atoms with Crippen LogP contribution in [-0.2, 0) is 9.47 Å². The molecule has 0 rings (SSSR count). The molecule has 0 radical (unpaired) electrons. The minimum atomic E-state index is -0.827. The topological polar surface area (TPSA) is 61.6 Å². The van der Waals surface area contributed by atoms with E-state index in [4.69, 9.17) is 22.1 Å². The third-order valence-electron chi connectivity index (χ3n) is 1.39. The van der Waals surface area contributed by atoms with Crippen molar-refractivity contribution in [3.63, 3.8) is 0 Å². The van der Waals surface area contributed by atoms with Gasteiger partial charge in [0.25, 0.3) is 0 Å². The third-order valence-corrected chi connectivity index (χ3v) is 1.61. The highest BCUT2D eigenvalue weighted by Gasteiger charge is 2.11. The number of amides is 1. The van der Waals surface area contributed by atoms with E-state index in [1.807, 2.05) is 0 Å². The van der Waals surface area contributed by atoms with E-state index >= 15 is 0 Å². The summed E-state index contributed by atoms with van der Waals surface area (Å²) in [5.74, 6) is 0.379. The monoisotopic (exact) mass is 209 g/mol. The summed E-state index contributed by atoms with van der Waals surface area (Å²) in [5.41, 5.74) is 4.84. The number of carbonyl (C=O) groups excluding carboxylic acids is 1. The zero-order valence-corrected chi connectivity index (χ0v) is 8.55. The molecule has 0 saturated carbocycles. The van der Waals surface area contributed by atoms with E-state index in [2.05, 4.69) is 11.7 Å². The maximum Gasteiger partial charge on any atom is 0.406 e. The van der Waals surface area contributed by atoms with Crippen molar-refractivity contribution in [2.24, 2.45) is 5.73 Å². The predicted molar refractivity (Wildman–Crippen MR) is 50.7 cm³/mol. The molecule has 0 aromatic carbocycles. The number of unbranched alkanes of at least 4 members (excludes halogenated alkanes) is 1. The summed E-state index contributed by atoms with van der Waals surface area (Å²) in [7, 11) is 0. The molecule has 0 aromatic rings. The van der Waals surface area contributed by atoms with Crippen LogP contribution in [0.2, 0.25) is 0 Å². The molecule has 0 bridgehead atoms. The van der Waals surface area contributed by atoms with Crippen LogP contribution in [0.4, 0.5) is 4.79 Å². The van der Waals surface area contributed by atoms with Crippen LogP contribution >= 0.6 is 11.6 Å². The molecule has 0 heterocycles. The van der Waals surface area contributed by atoms with Gasteiger partial charge in [0.1, 0.15) is 0 Å². The molecule has 0 aliphatic carbocycles. The third kappa shape index (κ3) is 7.87. The van der Waals surface area contributed by atoms with Gasteiger partial charge in [0.2, 0.25) is 6.29 Å². The summed E-state index contributed by atoms with van der Waals surface area (Å²) in [5, 5.41) is 0. The Labute approximate surface area is 83.3 Å². The van der Waals surface area contributed by atoms with Crippen LogP contribution in [0, 0.1) is 0 Å². The van der Waals surface area contributed by atoms with Crippen molar-refractivity contribution < 1.29 is 14.3 Å². The second-order valence-corrected chi connectivity index (χ2v) is 2.95. The fraction of sp³-hybridized carbons (Fsp3) is 0.875. The highest BCUT2D eigenvalue weighted by molar-refractivity contribution is 6.17. The first-order valence-corrected chi connectivity index (χ1v) is 4.87. The Hall–Kier alpha value is -0.480. The zero-order valence-electron chi connectivity index (χ0n) is 7.79. The van der Waals surface area contributed by atoms with E-state index in [9.17, 15) is 4.79 Å². The Morgan fingerprint density at radius 1 is 1.62 bits per heavy atom. The van der Waals surface area contributed by atoms with E-state index in [0.29, 0.717) is 18.9 Å². The number of primary amides is 1. The standard InChI is InChI=1S/C8H16ClNO3/c1-2-3-6-12-7(4-5-9)13-8(10)11/h7H,2-6H2,1H3,(H2,10,11). The van der Waals surface area contributed by atoms with Gasteiger partial charge in [0, 0.05) is 12.3 Å². The van der Waals surface area contributed by atoms with Crippen molar-refractivity contribution >= 4 is 17.7 Å². The van der Waals surface area contributed by atoms with Crippen molar-refractivity contribution in [3.05, 3.63) is 0 Å². The van der Waals surface area contributed by atoms with Crippen LogP contribution in [0.25, 0.3) is 0 Å². The van der Waals surface area contributed by atoms with Crippen LogP contribution in [0.1, 0.15) is 26.2 Å². The van der Waals surface area contributed by atoms with E-state index in [1.54, 1.807) is 0 Å². The van der Waals surface area contributed by atoms with Gasteiger partial charge < -0.3 is 15.2 Å². The highest BCUT2D eigenvalue weighted by atomic mass is 35.5. The Morgan fingerprint density at radius 3 is 2.77 bits per heavy atom. The highest BCUT2D eigenvalue weighted by Crippen LogP contribution is 2.04. The minimum absolute atomic E-state index is 0.379. The average molecular weight is 210 g/mol. The molecule has 5 heteroatoms. The van der Waals surface area contributed by atoms with Gasteiger partial charge in [-0.3, -0.25) is 0 Å². The number of nitrogens with two attached hydrogens (primary N) is 1. The van der Waals surface area contributed by atoms with E-state index in [1.165, 1.54) is 0 Å². The zero-order chi connectivity index (χ0) is 10.1. The molecule has 1 amide bonds. The lowest BCUT2D eigenvalue weighted by Gasteiger charge is -2.15. The van der Waals surface area contributed by atoms with Gasteiger partial charge in [-0.2, -0.15) is 0 Å². The van der Waals surface area contributed by atoms with Crippen molar-refractivity contribution in [2.75, 3.05) is 12.5 Å². The van der Waals surface area contributed by atoms with Gasteiger partial charge in [0.15, 0.2) is 0 Å². The summed E-state index contributed by atoms with van der Waals surface area (Å²) in [6.07, 6.45) is 1.01. The number of rotatable bonds is 7. The van der Waals surface area contributed by atoms with Crippen LogP contribution in [-0.4, -0.2) is 24.9 Å². The Balaban J connectivity index is 3.59. The second-order valence-electron chi connectivity index (χ2n) is 2.57. The lowest BCUT2D eigenvalue weighted by molar-refractivity contribution is -0.103. The van der Waals surface area contributed by atoms with E-state index < -0.39 is 12.4 Å². The SMILES string of the molecule is CCCCOC(CCCl)OC(N)=O. The molecular formula is C8H16ClNO3. The number of alkyl halides is 1. The first-order chi connectivity index (χ1) is 6.20. The summed E-state index contributed by atoms with van der Waals surface area (Å²) in [6.45, 7) is 2.61. The molecule has 0 aliphatic heterocycles. The fourth-order valence-electron chi connectivity index (χ4n) is 0.754. The van der Waals surface area contributed by atoms with E-state index in [0.717, 1.165) is 12.8 Å². The molecular weight excluding hydrogens is 194 g/mol. The molecule has 0 aliphatic rings. The van der Waals surface area contributed by atoms with Crippen LogP contribution in [0.15, 0.2) is 0 Å². The Kier molecular flexibility index (Phi) is 7.83. The molecule has 4 nitrogen and oxygen atoms in total. The van der Waals surface area contributed by atoms with Gasteiger partial charge in [-0.25, -0.2) is 4.79 Å². The Morgan fingerprint density at radius 2 is 2.31 bits per heavy atom. The number of carbonyl (C=O) groups is 1. The van der Waals surface area contributed by atoms with Gasteiger partial charge in [0.05, 0.1) is 6.61 Å². The van der Waals surface area contributed by atoms with Crippen LogP contribution in [0.5, 0.6) is 0 Å². The lowest BCUT2D eigenvalue weighted by atomic mass is 10.3. The molecule has 78 valence electrons. The molecule has 1 atom stereocenters. The number of hydrogen-bond acceptors (Lipinski definition) is 3. The van der Waals surface area contributed by atoms with Crippen molar-refractivity contribution in [1.82, 2.24) is 0 Å². The molecule has 0 saturated heterocycles. The van der Waals surface area contributed by atoms with Gasteiger partial charge in [-0.05, 0) is 6.42 Å². The first kappa shape index (κ1) is 12.5. The second kappa shape index (κ2) is 8.13. The fourth-order valence-corrected chi connectivity index (χ4v) is 0.932. The average Bonchev–Trinajstić information content (AvgIpc) is 2.04. The van der Waals surface area contributed by atoms with Crippen LogP contribution in [0.3, 0.4) is 0 Å². The van der Waals surface area contributed by atoms with Crippen molar-refractivity contribution in [2.45, 2.75) is 32.5 Å². The van der Waals surface area contributed by atoms with Gasteiger partial charge >= 0.3 is 6.09 Å². The number of hydrogen-bond donors (Lipinski definition) is 1. The van der Waals surface area contributed by atoms with Crippen LogP contribution < -0.4 is 5.73 Å².